The molecule has 1 saturated heterocycles. The van der Waals surface area contributed by atoms with E-state index in [0.717, 1.165) is 42.7 Å². The minimum absolute atomic E-state index is 0.102. The van der Waals surface area contributed by atoms with Gasteiger partial charge in [0.1, 0.15) is 11.5 Å². The second-order valence-electron chi connectivity index (χ2n) is 7.99. The first-order valence-corrected chi connectivity index (χ1v) is 10.7. The van der Waals surface area contributed by atoms with Crippen molar-refractivity contribution in [3.8, 4) is 11.5 Å². The third-order valence-corrected chi connectivity index (χ3v) is 5.94. The summed E-state index contributed by atoms with van der Waals surface area (Å²) in [5, 5.41) is 5.83. The number of amides is 2. The molecular formula is C23H29N5O4. The Bertz CT molecular complexity index is 1190. The number of hydrogen-bond acceptors (Lipinski definition) is 5. The molecule has 0 saturated carbocycles. The predicted octanol–water partition coefficient (Wildman–Crippen LogP) is 3.53. The molecule has 0 aliphatic carbocycles. The number of imidazole rings is 1. The molecule has 2 heterocycles. The summed E-state index contributed by atoms with van der Waals surface area (Å²) in [6, 6.07) is 8.65. The van der Waals surface area contributed by atoms with Crippen molar-refractivity contribution in [3.05, 3.63) is 40.8 Å². The van der Waals surface area contributed by atoms with Gasteiger partial charge < -0.3 is 25.0 Å². The van der Waals surface area contributed by atoms with Crippen molar-refractivity contribution in [2.45, 2.75) is 19.3 Å². The molecule has 32 heavy (non-hydrogen) atoms. The molecule has 2 N–H and O–H groups in total. The number of fused-ring (bicyclic) bond motifs is 1. The van der Waals surface area contributed by atoms with Crippen LogP contribution in [0.1, 0.15) is 19.3 Å². The normalized spacial score (nSPS) is 13.8. The number of rotatable bonds is 5. The molecule has 1 aliphatic heterocycles. The van der Waals surface area contributed by atoms with Gasteiger partial charge in [-0.1, -0.05) is 0 Å². The minimum atomic E-state index is -0.390. The molecule has 4 rings (SSSR count). The molecular weight excluding hydrogens is 410 g/mol. The number of hydrogen-bond donors (Lipinski definition) is 2. The Morgan fingerprint density at radius 1 is 0.844 bits per heavy atom. The van der Waals surface area contributed by atoms with Gasteiger partial charge in [-0.15, -0.1) is 0 Å². The van der Waals surface area contributed by atoms with Crippen molar-refractivity contribution in [2.24, 2.45) is 14.1 Å². The average Bonchev–Trinajstić information content (AvgIpc) is 3.02. The largest absolute Gasteiger partial charge is 0.497 e. The van der Waals surface area contributed by atoms with Crippen LogP contribution in [0.4, 0.5) is 21.9 Å². The van der Waals surface area contributed by atoms with Crippen molar-refractivity contribution in [2.75, 3.05) is 42.8 Å². The molecule has 2 amide bonds. The van der Waals surface area contributed by atoms with Crippen molar-refractivity contribution in [3.63, 3.8) is 0 Å². The number of nitrogens with one attached hydrogen (secondary N) is 2. The third kappa shape index (κ3) is 4.10. The van der Waals surface area contributed by atoms with Crippen LogP contribution in [-0.4, -0.2) is 42.5 Å². The first-order valence-electron chi connectivity index (χ1n) is 10.7. The number of aromatic nitrogens is 2. The molecule has 1 aromatic heterocycles. The number of piperidine rings is 1. The van der Waals surface area contributed by atoms with Crippen LogP contribution in [0.15, 0.2) is 35.1 Å². The molecule has 0 radical (unpaired) electrons. The monoisotopic (exact) mass is 439 g/mol. The van der Waals surface area contributed by atoms with Crippen molar-refractivity contribution >= 4 is 34.1 Å². The highest BCUT2D eigenvalue weighted by atomic mass is 16.5. The highest BCUT2D eigenvalue weighted by molar-refractivity contribution is 6.04. The molecule has 1 fully saturated rings. The second kappa shape index (κ2) is 8.86. The van der Waals surface area contributed by atoms with Gasteiger partial charge in [-0.05, 0) is 31.4 Å². The Labute approximate surface area is 186 Å². The molecule has 2 aromatic carbocycles. The van der Waals surface area contributed by atoms with Gasteiger partial charge in [0, 0.05) is 51.1 Å². The first kappa shape index (κ1) is 21.6. The van der Waals surface area contributed by atoms with Crippen LogP contribution in [-0.2, 0) is 14.1 Å². The zero-order chi connectivity index (χ0) is 22.8. The van der Waals surface area contributed by atoms with Crippen LogP contribution < -0.4 is 30.7 Å². The Kier molecular flexibility index (Phi) is 5.98. The number of ether oxygens (including phenoxy) is 2. The summed E-state index contributed by atoms with van der Waals surface area (Å²) in [6.45, 7) is 1.82. The van der Waals surface area contributed by atoms with Gasteiger partial charge in [0.05, 0.1) is 36.6 Å². The van der Waals surface area contributed by atoms with Crippen molar-refractivity contribution in [1.82, 2.24) is 9.13 Å². The van der Waals surface area contributed by atoms with E-state index in [1.807, 2.05) is 12.1 Å². The maximum Gasteiger partial charge on any atom is 0.328 e. The number of urea groups is 1. The summed E-state index contributed by atoms with van der Waals surface area (Å²) in [5.41, 5.74) is 3.61. The predicted molar refractivity (Wildman–Crippen MR) is 126 cm³/mol. The summed E-state index contributed by atoms with van der Waals surface area (Å²) in [7, 11) is 6.62. The van der Waals surface area contributed by atoms with Gasteiger partial charge >= 0.3 is 11.7 Å². The topological polar surface area (TPSA) is 89.8 Å². The smallest absolute Gasteiger partial charge is 0.328 e. The number of benzene rings is 2. The molecule has 1 aliphatic rings. The number of carbonyl (C=O) groups is 1. The number of methoxy groups -OCH3 is 2. The van der Waals surface area contributed by atoms with E-state index >= 15 is 0 Å². The number of aryl methyl sites for hydroxylation is 2. The number of carbonyl (C=O) groups excluding carboxylic acids is 1. The van der Waals surface area contributed by atoms with Gasteiger partial charge in [-0.25, -0.2) is 9.59 Å². The minimum Gasteiger partial charge on any atom is -0.497 e. The summed E-state index contributed by atoms with van der Waals surface area (Å²) >= 11 is 0. The lowest BCUT2D eigenvalue weighted by Crippen LogP contribution is -2.31. The maximum atomic E-state index is 12.9. The molecule has 0 unspecified atom stereocenters. The summed E-state index contributed by atoms with van der Waals surface area (Å²) in [4.78, 5) is 27.6. The van der Waals surface area contributed by atoms with Crippen LogP contribution in [0.3, 0.4) is 0 Å². The molecule has 170 valence electrons. The lowest BCUT2D eigenvalue weighted by atomic mass is 10.1. The quantitative estimate of drug-likeness (QED) is 0.635. The lowest BCUT2D eigenvalue weighted by Gasteiger charge is -2.30. The Morgan fingerprint density at radius 2 is 1.44 bits per heavy atom. The second-order valence-corrected chi connectivity index (χ2v) is 7.99. The fraction of sp³-hybridized carbons (Fsp3) is 0.391. The Morgan fingerprint density at radius 3 is 2.03 bits per heavy atom. The zero-order valence-electron chi connectivity index (χ0n) is 18.9. The van der Waals surface area contributed by atoms with E-state index in [2.05, 4.69) is 15.5 Å². The highest BCUT2D eigenvalue weighted by Gasteiger charge is 2.20. The number of anilines is 3. The fourth-order valence-corrected chi connectivity index (χ4v) is 4.20. The summed E-state index contributed by atoms with van der Waals surface area (Å²) in [5.74, 6) is 1.16. The van der Waals surface area contributed by atoms with Crippen molar-refractivity contribution in [1.29, 1.82) is 0 Å². The third-order valence-electron chi connectivity index (χ3n) is 5.94. The van der Waals surface area contributed by atoms with Crippen LogP contribution in [0.2, 0.25) is 0 Å². The van der Waals surface area contributed by atoms with E-state index in [1.54, 1.807) is 55.6 Å². The maximum absolute atomic E-state index is 12.9. The van der Waals surface area contributed by atoms with Gasteiger partial charge in [0.25, 0.3) is 0 Å². The van der Waals surface area contributed by atoms with E-state index in [1.165, 1.54) is 6.42 Å². The SMILES string of the molecule is COc1cc(NC(=O)Nc2cc3c(cc2N2CCCCC2)n(C)c(=O)n3C)cc(OC)c1. The Hall–Kier alpha value is -3.62. The Balaban J connectivity index is 1.68. The van der Waals surface area contributed by atoms with Gasteiger partial charge in [0.2, 0.25) is 0 Å². The number of nitrogens with zero attached hydrogens (tertiary/aromatic N) is 3. The molecule has 0 bridgehead atoms. The average molecular weight is 440 g/mol. The fourth-order valence-electron chi connectivity index (χ4n) is 4.20. The van der Waals surface area contributed by atoms with Crippen LogP contribution in [0.5, 0.6) is 11.5 Å². The van der Waals surface area contributed by atoms with E-state index in [4.69, 9.17) is 9.47 Å². The van der Waals surface area contributed by atoms with Gasteiger partial charge in [-0.2, -0.15) is 0 Å². The summed E-state index contributed by atoms with van der Waals surface area (Å²) in [6.07, 6.45) is 3.39. The van der Waals surface area contributed by atoms with Crippen LogP contribution in [0, 0.1) is 0 Å². The highest BCUT2D eigenvalue weighted by Crippen LogP contribution is 2.33. The van der Waals surface area contributed by atoms with E-state index < -0.39 is 0 Å². The molecule has 9 nitrogen and oxygen atoms in total. The molecule has 3 aromatic rings. The van der Waals surface area contributed by atoms with E-state index in [0.29, 0.717) is 22.9 Å². The first-order chi connectivity index (χ1) is 15.4. The van der Waals surface area contributed by atoms with E-state index in [-0.39, 0.29) is 11.7 Å². The molecule has 0 atom stereocenters. The zero-order valence-corrected chi connectivity index (χ0v) is 18.9. The van der Waals surface area contributed by atoms with Crippen LogP contribution >= 0.6 is 0 Å². The van der Waals surface area contributed by atoms with Crippen LogP contribution in [0.25, 0.3) is 11.0 Å². The molecule has 0 spiro atoms. The lowest BCUT2D eigenvalue weighted by molar-refractivity contribution is 0.262. The summed E-state index contributed by atoms with van der Waals surface area (Å²) < 4.78 is 13.8. The van der Waals surface area contributed by atoms with Gasteiger partial charge in [-0.3, -0.25) is 9.13 Å². The van der Waals surface area contributed by atoms with Crippen molar-refractivity contribution < 1.29 is 14.3 Å². The standard InChI is InChI=1S/C23H29N5O4/c1-26-20-13-18(25-22(29)24-15-10-16(31-3)12-17(11-15)32-4)19(28-8-6-5-7-9-28)14-21(20)27(2)23(26)30/h10-14H,5-9H2,1-4H3,(H2,24,25,29). The van der Waals surface area contributed by atoms with E-state index in [9.17, 15) is 9.59 Å². The molecule has 9 heteroatoms. The van der Waals surface area contributed by atoms with Gasteiger partial charge in [0.15, 0.2) is 0 Å².